The van der Waals surface area contributed by atoms with Crippen molar-refractivity contribution >= 4 is 17.5 Å². The maximum atomic E-state index is 12.1. The van der Waals surface area contributed by atoms with Gasteiger partial charge >= 0.3 is 0 Å². The predicted octanol–water partition coefficient (Wildman–Crippen LogP) is 3.30. The van der Waals surface area contributed by atoms with E-state index in [1.165, 1.54) is 6.26 Å². The van der Waals surface area contributed by atoms with Crippen LogP contribution in [0.2, 0.25) is 5.02 Å². The van der Waals surface area contributed by atoms with E-state index in [4.69, 9.17) is 21.8 Å². The highest BCUT2D eigenvalue weighted by atomic mass is 35.5. The third-order valence-electron chi connectivity index (χ3n) is 3.64. The summed E-state index contributed by atoms with van der Waals surface area (Å²) in [6, 6.07) is 7.00. The third kappa shape index (κ3) is 4.08. The summed E-state index contributed by atoms with van der Waals surface area (Å²) in [7, 11) is 0. The van der Waals surface area contributed by atoms with Gasteiger partial charge in [-0.15, -0.1) is 0 Å². The van der Waals surface area contributed by atoms with E-state index >= 15 is 0 Å². The molecule has 5 nitrogen and oxygen atoms in total. The van der Waals surface area contributed by atoms with Crippen LogP contribution in [0, 0.1) is 5.92 Å². The van der Waals surface area contributed by atoms with Crippen LogP contribution in [-0.4, -0.2) is 10.9 Å². The first kappa shape index (κ1) is 16.5. The summed E-state index contributed by atoms with van der Waals surface area (Å²) in [5.74, 6) is 0.328. The van der Waals surface area contributed by atoms with Crippen molar-refractivity contribution in [3.63, 3.8) is 0 Å². The molecule has 0 spiro atoms. The van der Waals surface area contributed by atoms with Gasteiger partial charge in [-0.25, -0.2) is 4.98 Å². The van der Waals surface area contributed by atoms with Gasteiger partial charge < -0.3 is 15.5 Å². The van der Waals surface area contributed by atoms with Crippen molar-refractivity contribution in [3.8, 4) is 0 Å². The number of halogens is 1. The molecule has 1 aromatic heterocycles. The largest absolute Gasteiger partial charge is 0.446 e. The zero-order chi connectivity index (χ0) is 16.1. The molecule has 0 fully saturated rings. The number of oxazole rings is 1. The minimum Gasteiger partial charge on any atom is -0.446 e. The lowest BCUT2D eigenvalue weighted by Gasteiger charge is -2.13. The van der Waals surface area contributed by atoms with Crippen LogP contribution in [0.3, 0.4) is 0 Å². The summed E-state index contributed by atoms with van der Waals surface area (Å²) in [6.45, 7) is 4.44. The SMILES string of the molecule is CCC(C)C(N)c1nc(C(=O)NCc2cccc(Cl)c2)co1. The lowest BCUT2D eigenvalue weighted by atomic mass is 10.0. The van der Waals surface area contributed by atoms with Crippen LogP contribution in [-0.2, 0) is 6.54 Å². The number of nitrogens with one attached hydrogen (secondary N) is 1. The van der Waals surface area contributed by atoms with E-state index in [1.54, 1.807) is 12.1 Å². The van der Waals surface area contributed by atoms with Crippen molar-refractivity contribution in [2.45, 2.75) is 32.9 Å². The van der Waals surface area contributed by atoms with E-state index in [1.807, 2.05) is 26.0 Å². The number of benzene rings is 1. The highest BCUT2D eigenvalue weighted by Crippen LogP contribution is 2.21. The number of carbonyl (C=O) groups is 1. The third-order valence-corrected chi connectivity index (χ3v) is 3.87. The van der Waals surface area contributed by atoms with E-state index in [9.17, 15) is 4.79 Å². The number of rotatable bonds is 6. The number of nitrogens with zero attached hydrogens (tertiary/aromatic N) is 1. The summed E-state index contributed by atoms with van der Waals surface area (Å²) < 4.78 is 5.32. The Kier molecular flexibility index (Phi) is 5.57. The second-order valence-corrected chi connectivity index (χ2v) is 5.73. The van der Waals surface area contributed by atoms with Gasteiger partial charge in [0.1, 0.15) is 6.26 Å². The maximum absolute atomic E-state index is 12.1. The van der Waals surface area contributed by atoms with Crippen molar-refractivity contribution in [2.75, 3.05) is 0 Å². The molecule has 0 radical (unpaired) electrons. The summed E-state index contributed by atoms with van der Waals surface area (Å²) in [5, 5.41) is 3.41. The average Bonchev–Trinajstić information content (AvgIpc) is 3.01. The molecule has 1 aromatic carbocycles. The quantitative estimate of drug-likeness (QED) is 0.855. The Hall–Kier alpha value is -1.85. The summed E-state index contributed by atoms with van der Waals surface area (Å²) >= 11 is 5.90. The molecular weight excluding hydrogens is 302 g/mol. The van der Waals surface area contributed by atoms with Gasteiger partial charge in [0.05, 0.1) is 6.04 Å². The van der Waals surface area contributed by atoms with Crippen LogP contribution in [0.25, 0.3) is 0 Å². The second kappa shape index (κ2) is 7.42. The molecule has 0 saturated heterocycles. The number of hydrogen-bond donors (Lipinski definition) is 2. The zero-order valence-corrected chi connectivity index (χ0v) is 13.4. The van der Waals surface area contributed by atoms with Crippen molar-refractivity contribution in [1.29, 1.82) is 0 Å². The Morgan fingerprint density at radius 2 is 2.27 bits per heavy atom. The molecule has 2 atom stereocenters. The van der Waals surface area contributed by atoms with Gasteiger partial charge in [0.2, 0.25) is 5.89 Å². The minimum atomic E-state index is -0.306. The molecule has 2 rings (SSSR count). The molecule has 0 saturated carbocycles. The predicted molar refractivity (Wildman–Crippen MR) is 85.5 cm³/mol. The Labute approximate surface area is 134 Å². The van der Waals surface area contributed by atoms with Crippen molar-refractivity contribution in [3.05, 3.63) is 52.7 Å². The number of amides is 1. The van der Waals surface area contributed by atoms with Gasteiger partial charge in [-0.3, -0.25) is 4.79 Å². The Bertz CT molecular complexity index is 642. The first-order valence-electron chi connectivity index (χ1n) is 7.25. The molecule has 1 amide bonds. The van der Waals surface area contributed by atoms with Crippen LogP contribution in [0.4, 0.5) is 0 Å². The zero-order valence-electron chi connectivity index (χ0n) is 12.7. The fourth-order valence-electron chi connectivity index (χ4n) is 1.96. The van der Waals surface area contributed by atoms with Gasteiger partial charge in [-0.05, 0) is 23.6 Å². The minimum absolute atomic E-state index is 0.232. The van der Waals surface area contributed by atoms with Crippen molar-refractivity contribution < 1.29 is 9.21 Å². The highest BCUT2D eigenvalue weighted by molar-refractivity contribution is 6.30. The second-order valence-electron chi connectivity index (χ2n) is 5.29. The Morgan fingerprint density at radius 3 is 2.95 bits per heavy atom. The van der Waals surface area contributed by atoms with Crippen LogP contribution in [0.1, 0.15) is 48.3 Å². The molecule has 2 unspecified atom stereocenters. The number of hydrogen-bond acceptors (Lipinski definition) is 4. The Morgan fingerprint density at radius 1 is 1.50 bits per heavy atom. The normalized spacial score (nSPS) is 13.6. The molecule has 2 aromatic rings. The van der Waals surface area contributed by atoms with Gasteiger partial charge in [-0.2, -0.15) is 0 Å². The first-order valence-corrected chi connectivity index (χ1v) is 7.62. The number of nitrogens with two attached hydrogens (primary N) is 1. The molecule has 0 bridgehead atoms. The van der Waals surface area contributed by atoms with E-state index < -0.39 is 0 Å². The molecular formula is C16H20ClN3O2. The van der Waals surface area contributed by atoms with Crippen molar-refractivity contribution in [2.24, 2.45) is 11.7 Å². The van der Waals surface area contributed by atoms with Gasteiger partial charge in [0, 0.05) is 11.6 Å². The van der Waals surface area contributed by atoms with Gasteiger partial charge in [0.25, 0.3) is 5.91 Å². The molecule has 118 valence electrons. The smallest absolute Gasteiger partial charge is 0.273 e. The molecule has 6 heteroatoms. The molecule has 1 heterocycles. The standard InChI is InChI=1S/C16H20ClN3O2/c1-3-10(2)14(18)16-20-13(9-22-16)15(21)19-8-11-5-4-6-12(17)7-11/h4-7,9-10,14H,3,8,18H2,1-2H3,(H,19,21). The lowest BCUT2D eigenvalue weighted by Crippen LogP contribution is -2.24. The van der Waals surface area contributed by atoms with Crippen LogP contribution in [0.15, 0.2) is 34.9 Å². The van der Waals surface area contributed by atoms with Gasteiger partial charge in [0.15, 0.2) is 5.69 Å². The molecule has 22 heavy (non-hydrogen) atoms. The van der Waals surface area contributed by atoms with Crippen molar-refractivity contribution in [1.82, 2.24) is 10.3 Å². The molecule has 0 aliphatic carbocycles. The lowest BCUT2D eigenvalue weighted by molar-refractivity contribution is 0.0946. The first-order chi connectivity index (χ1) is 10.5. The monoisotopic (exact) mass is 321 g/mol. The van der Waals surface area contributed by atoms with Crippen LogP contribution < -0.4 is 11.1 Å². The maximum Gasteiger partial charge on any atom is 0.273 e. The van der Waals surface area contributed by atoms with E-state index in [-0.39, 0.29) is 23.6 Å². The fraction of sp³-hybridized carbons (Fsp3) is 0.375. The summed E-state index contributed by atoms with van der Waals surface area (Å²) in [6.07, 6.45) is 2.25. The molecule has 3 N–H and O–H groups in total. The van der Waals surface area contributed by atoms with Crippen LogP contribution >= 0.6 is 11.6 Å². The topological polar surface area (TPSA) is 81.1 Å². The summed E-state index contributed by atoms with van der Waals surface area (Å²) in [5.41, 5.74) is 7.19. The van der Waals surface area contributed by atoms with Crippen LogP contribution in [0.5, 0.6) is 0 Å². The fourth-order valence-corrected chi connectivity index (χ4v) is 2.18. The number of carbonyl (C=O) groups excluding carboxylic acids is 1. The highest BCUT2D eigenvalue weighted by Gasteiger charge is 2.20. The van der Waals surface area contributed by atoms with E-state index in [0.717, 1.165) is 12.0 Å². The molecule has 0 aliphatic heterocycles. The van der Waals surface area contributed by atoms with E-state index in [2.05, 4.69) is 10.3 Å². The van der Waals surface area contributed by atoms with Gasteiger partial charge in [-0.1, -0.05) is 44.0 Å². The summed E-state index contributed by atoms with van der Waals surface area (Å²) in [4.78, 5) is 16.3. The Balaban J connectivity index is 1.97. The number of aromatic nitrogens is 1. The molecule has 0 aliphatic rings. The van der Waals surface area contributed by atoms with E-state index in [0.29, 0.717) is 17.5 Å². The average molecular weight is 322 g/mol.